The molecule has 0 unspecified atom stereocenters. The highest BCUT2D eigenvalue weighted by molar-refractivity contribution is 4.89. The Kier molecular flexibility index (Phi) is 2.42. The standard InChI is InChI=1S/C6H11N3O/c1-9-4-3-7-6(9)5-8-10-2/h3-4,8H,5H2,1-2H3. The number of rotatable bonds is 3. The predicted octanol–water partition coefficient (Wildman–Crippen LogP) is 0.0711. The maximum Gasteiger partial charge on any atom is 0.124 e. The van der Waals surface area contributed by atoms with E-state index in [0.29, 0.717) is 6.54 Å². The number of imidazole rings is 1. The molecule has 10 heavy (non-hydrogen) atoms. The molecule has 56 valence electrons. The molecule has 0 radical (unpaired) electrons. The van der Waals surface area contributed by atoms with Crippen LogP contribution in [0.25, 0.3) is 0 Å². The summed E-state index contributed by atoms with van der Waals surface area (Å²) in [5, 5.41) is 0. The van der Waals surface area contributed by atoms with Crippen molar-refractivity contribution in [3.63, 3.8) is 0 Å². The Balaban J connectivity index is 2.49. The second kappa shape index (κ2) is 3.34. The first kappa shape index (κ1) is 7.24. The molecule has 0 fully saturated rings. The van der Waals surface area contributed by atoms with E-state index < -0.39 is 0 Å². The topological polar surface area (TPSA) is 39.1 Å². The van der Waals surface area contributed by atoms with Gasteiger partial charge in [0.15, 0.2) is 0 Å². The monoisotopic (exact) mass is 141 g/mol. The van der Waals surface area contributed by atoms with Crippen molar-refractivity contribution in [1.29, 1.82) is 0 Å². The van der Waals surface area contributed by atoms with Gasteiger partial charge in [0.25, 0.3) is 0 Å². The number of hydrogen-bond donors (Lipinski definition) is 1. The summed E-state index contributed by atoms with van der Waals surface area (Å²) in [6.45, 7) is 0.639. The zero-order chi connectivity index (χ0) is 7.40. The van der Waals surface area contributed by atoms with Crippen LogP contribution in [0.15, 0.2) is 12.4 Å². The van der Waals surface area contributed by atoms with Gasteiger partial charge in [-0.25, -0.2) is 4.98 Å². The van der Waals surface area contributed by atoms with Crippen LogP contribution in [0, 0.1) is 0 Å². The summed E-state index contributed by atoms with van der Waals surface area (Å²) >= 11 is 0. The molecule has 1 N–H and O–H groups in total. The first-order chi connectivity index (χ1) is 4.84. The van der Waals surface area contributed by atoms with Crippen LogP contribution in [0.4, 0.5) is 0 Å². The van der Waals surface area contributed by atoms with Crippen molar-refractivity contribution in [2.24, 2.45) is 7.05 Å². The highest BCUT2D eigenvalue weighted by Gasteiger charge is 1.95. The van der Waals surface area contributed by atoms with E-state index in [1.165, 1.54) is 0 Å². The first-order valence-electron chi connectivity index (χ1n) is 3.06. The van der Waals surface area contributed by atoms with E-state index in [1.54, 1.807) is 13.3 Å². The van der Waals surface area contributed by atoms with Gasteiger partial charge >= 0.3 is 0 Å². The fourth-order valence-corrected chi connectivity index (χ4v) is 0.704. The van der Waals surface area contributed by atoms with Gasteiger partial charge in [-0.3, -0.25) is 0 Å². The summed E-state index contributed by atoms with van der Waals surface area (Å²) in [6, 6.07) is 0. The number of nitrogens with zero attached hydrogens (tertiary/aromatic N) is 2. The summed E-state index contributed by atoms with van der Waals surface area (Å²) in [4.78, 5) is 8.74. The minimum atomic E-state index is 0.639. The number of nitrogens with one attached hydrogen (secondary N) is 1. The third kappa shape index (κ3) is 1.55. The molecule has 0 aromatic carbocycles. The Morgan fingerprint density at radius 2 is 2.60 bits per heavy atom. The van der Waals surface area contributed by atoms with Crippen molar-refractivity contribution >= 4 is 0 Å². The van der Waals surface area contributed by atoms with Gasteiger partial charge in [0.2, 0.25) is 0 Å². The molecule has 0 bridgehead atoms. The Morgan fingerprint density at radius 3 is 3.10 bits per heavy atom. The molecule has 0 aliphatic rings. The lowest BCUT2D eigenvalue weighted by atomic mass is 10.6. The molecule has 0 atom stereocenters. The van der Waals surface area contributed by atoms with Crippen LogP contribution >= 0.6 is 0 Å². The van der Waals surface area contributed by atoms with E-state index in [4.69, 9.17) is 0 Å². The second-order valence-corrected chi connectivity index (χ2v) is 1.98. The van der Waals surface area contributed by atoms with Crippen molar-refractivity contribution in [3.8, 4) is 0 Å². The van der Waals surface area contributed by atoms with Crippen molar-refractivity contribution in [2.45, 2.75) is 6.54 Å². The molecule has 0 amide bonds. The minimum Gasteiger partial charge on any atom is -0.337 e. The lowest BCUT2D eigenvalue weighted by Gasteiger charge is -2.00. The summed E-state index contributed by atoms with van der Waals surface area (Å²) in [5.74, 6) is 0.960. The number of hydroxylamine groups is 1. The first-order valence-corrected chi connectivity index (χ1v) is 3.06. The number of hydrogen-bond acceptors (Lipinski definition) is 3. The molecule has 0 aliphatic carbocycles. The summed E-state index contributed by atoms with van der Waals surface area (Å²) in [5.41, 5.74) is 2.71. The van der Waals surface area contributed by atoms with E-state index in [0.717, 1.165) is 5.82 Å². The second-order valence-electron chi connectivity index (χ2n) is 1.98. The average Bonchev–Trinajstić information content (AvgIpc) is 2.31. The lowest BCUT2D eigenvalue weighted by Crippen LogP contribution is -2.14. The van der Waals surface area contributed by atoms with E-state index in [9.17, 15) is 0 Å². The molecule has 0 saturated heterocycles. The van der Waals surface area contributed by atoms with E-state index in [1.807, 2.05) is 17.8 Å². The molecule has 0 aliphatic heterocycles. The zero-order valence-corrected chi connectivity index (χ0v) is 6.16. The van der Waals surface area contributed by atoms with E-state index in [2.05, 4.69) is 15.3 Å². The van der Waals surface area contributed by atoms with Gasteiger partial charge in [-0.05, 0) is 0 Å². The van der Waals surface area contributed by atoms with Crippen molar-refractivity contribution in [2.75, 3.05) is 7.11 Å². The highest BCUT2D eigenvalue weighted by atomic mass is 16.6. The molecule has 1 aromatic rings. The van der Waals surface area contributed by atoms with Gasteiger partial charge in [-0.15, -0.1) is 0 Å². The largest absolute Gasteiger partial charge is 0.337 e. The van der Waals surface area contributed by atoms with Gasteiger partial charge in [-0.2, -0.15) is 5.48 Å². The smallest absolute Gasteiger partial charge is 0.124 e. The van der Waals surface area contributed by atoms with Crippen LogP contribution in [0.5, 0.6) is 0 Å². The van der Waals surface area contributed by atoms with Crippen molar-refractivity contribution < 1.29 is 4.84 Å². The van der Waals surface area contributed by atoms with E-state index >= 15 is 0 Å². The van der Waals surface area contributed by atoms with Gasteiger partial charge in [-0.1, -0.05) is 0 Å². The van der Waals surface area contributed by atoms with Crippen LogP contribution in [-0.4, -0.2) is 16.7 Å². The fourth-order valence-electron chi connectivity index (χ4n) is 0.704. The molecule has 0 saturated carbocycles. The van der Waals surface area contributed by atoms with Crippen LogP contribution in [-0.2, 0) is 18.4 Å². The molecule has 4 heteroatoms. The predicted molar refractivity (Wildman–Crippen MR) is 37.1 cm³/mol. The third-order valence-electron chi connectivity index (χ3n) is 1.30. The Morgan fingerprint density at radius 1 is 1.80 bits per heavy atom. The molecule has 4 nitrogen and oxygen atoms in total. The van der Waals surface area contributed by atoms with Crippen LogP contribution in [0.1, 0.15) is 5.82 Å². The van der Waals surface area contributed by atoms with Gasteiger partial charge in [0.1, 0.15) is 5.82 Å². The van der Waals surface area contributed by atoms with Crippen LogP contribution in [0.3, 0.4) is 0 Å². The summed E-state index contributed by atoms with van der Waals surface area (Å²) in [7, 11) is 3.53. The molecule has 0 spiro atoms. The van der Waals surface area contributed by atoms with Crippen LogP contribution < -0.4 is 5.48 Å². The van der Waals surface area contributed by atoms with Gasteiger partial charge in [0.05, 0.1) is 13.7 Å². The van der Waals surface area contributed by atoms with Gasteiger partial charge < -0.3 is 9.40 Å². The molecule has 1 heterocycles. The third-order valence-corrected chi connectivity index (χ3v) is 1.30. The molecule has 1 aromatic heterocycles. The Hall–Kier alpha value is -0.870. The Labute approximate surface area is 59.8 Å². The average molecular weight is 141 g/mol. The van der Waals surface area contributed by atoms with Crippen molar-refractivity contribution in [1.82, 2.24) is 15.0 Å². The SMILES string of the molecule is CONCc1nccn1C. The molecular weight excluding hydrogens is 130 g/mol. The minimum absolute atomic E-state index is 0.639. The van der Waals surface area contributed by atoms with Crippen LogP contribution in [0.2, 0.25) is 0 Å². The maximum atomic E-state index is 4.67. The molecular formula is C6H11N3O. The van der Waals surface area contributed by atoms with Gasteiger partial charge in [0, 0.05) is 19.4 Å². The number of aryl methyl sites for hydroxylation is 1. The normalized spacial score (nSPS) is 10.2. The van der Waals surface area contributed by atoms with Crippen molar-refractivity contribution in [3.05, 3.63) is 18.2 Å². The van der Waals surface area contributed by atoms with E-state index in [-0.39, 0.29) is 0 Å². The maximum absolute atomic E-state index is 4.67. The molecule has 1 rings (SSSR count). The summed E-state index contributed by atoms with van der Waals surface area (Å²) in [6.07, 6.45) is 3.65. The lowest BCUT2D eigenvalue weighted by molar-refractivity contribution is 0.0843. The quantitative estimate of drug-likeness (QED) is 0.605. The fraction of sp³-hybridized carbons (Fsp3) is 0.500. The highest BCUT2D eigenvalue weighted by Crippen LogP contribution is 1.91. The Bertz CT molecular complexity index is 197. The zero-order valence-electron chi connectivity index (χ0n) is 6.16. The summed E-state index contributed by atoms with van der Waals surface area (Å²) < 4.78 is 1.94. The number of aromatic nitrogens is 2.